The third kappa shape index (κ3) is 9.37. The molecule has 0 unspecified atom stereocenters. The highest BCUT2D eigenvalue weighted by atomic mass is 35.5. The number of anilines is 2. The van der Waals surface area contributed by atoms with Gasteiger partial charge in [0.25, 0.3) is 11.1 Å². The Balaban J connectivity index is 0.000000161. The minimum absolute atomic E-state index is 0.421. The first-order chi connectivity index (χ1) is 27.4. The van der Waals surface area contributed by atoms with Gasteiger partial charge in [-0.25, -0.2) is 17.6 Å². The second kappa shape index (κ2) is 17.5. The zero-order valence-corrected chi connectivity index (χ0v) is 30.8. The van der Waals surface area contributed by atoms with Crippen molar-refractivity contribution in [3.8, 4) is 45.4 Å². The lowest BCUT2D eigenvalue weighted by Gasteiger charge is -2.08. The Kier molecular flexibility index (Phi) is 12.1. The number of hydrogen-bond acceptors (Lipinski definition) is 7. The molecule has 0 aliphatic carbocycles. The molecule has 1 amide bonds. The van der Waals surface area contributed by atoms with Gasteiger partial charge in [-0.2, -0.15) is 10.2 Å². The van der Waals surface area contributed by atoms with Crippen LogP contribution in [0.2, 0.25) is 0 Å². The maximum absolute atomic E-state index is 13.7. The summed E-state index contributed by atoms with van der Waals surface area (Å²) in [5, 5.41) is 10.3. The molecule has 8 aromatic rings. The number of amides is 1. The fraction of sp³-hybridized carbons (Fsp3) is 0.0476. The molecule has 0 aliphatic heterocycles. The van der Waals surface area contributed by atoms with Gasteiger partial charge in [0.15, 0.2) is 11.5 Å². The number of aryl methyl sites for hydroxylation is 2. The van der Waals surface area contributed by atoms with Crippen molar-refractivity contribution in [2.75, 3.05) is 11.1 Å². The first-order valence-corrected chi connectivity index (χ1v) is 17.3. The third-order valence-electron chi connectivity index (χ3n) is 8.30. The van der Waals surface area contributed by atoms with Crippen molar-refractivity contribution < 1.29 is 36.0 Å². The topological polar surface area (TPSA) is 134 Å². The molecule has 0 aliphatic rings. The van der Waals surface area contributed by atoms with Crippen molar-refractivity contribution in [1.82, 2.24) is 19.6 Å². The monoisotopic (exact) mass is 794 g/mol. The summed E-state index contributed by atoms with van der Waals surface area (Å²) >= 11 is 4.89. The Morgan fingerprint density at radius 1 is 0.614 bits per heavy atom. The highest BCUT2D eigenvalue weighted by Crippen LogP contribution is 2.28. The number of carbonyl (C=O) groups excluding carboxylic acids is 2. The molecule has 4 aromatic carbocycles. The number of nitrogens with zero attached hydrogens (tertiary/aromatic N) is 4. The van der Waals surface area contributed by atoms with Crippen LogP contribution in [0.4, 0.5) is 28.9 Å². The van der Waals surface area contributed by atoms with Crippen LogP contribution in [0.1, 0.15) is 20.7 Å². The van der Waals surface area contributed by atoms with Gasteiger partial charge in [-0.1, -0.05) is 36.4 Å². The molecule has 4 heterocycles. The quantitative estimate of drug-likeness (QED) is 0.0932. The summed E-state index contributed by atoms with van der Waals surface area (Å²) in [6.07, 6.45) is 3.23. The van der Waals surface area contributed by atoms with E-state index < -0.39 is 45.5 Å². The first-order valence-electron chi connectivity index (χ1n) is 16.9. The molecule has 0 atom stereocenters. The number of furan rings is 2. The second-order valence-electron chi connectivity index (χ2n) is 12.2. The predicted octanol–water partition coefficient (Wildman–Crippen LogP) is 10.2. The molecule has 288 valence electrons. The van der Waals surface area contributed by atoms with Crippen LogP contribution >= 0.6 is 11.6 Å². The SMILES string of the molecule is Cn1nc(-c2ccco2)cc1-c1ccc(N)cc1.Cn1nc(-c2ccco2)cc1-c1ccc(NC(=O)c2c(F)cccc2F)cc1.O=C(Cl)c1c(F)cccc1F. The van der Waals surface area contributed by atoms with Gasteiger partial charge in [-0.3, -0.25) is 19.0 Å². The van der Waals surface area contributed by atoms with E-state index in [0.29, 0.717) is 17.1 Å². The first kappa shape index (κ1) is 39.5. The lowest BCUT2D eigenvalue weighted by molar-refractivity contribution is 0.101. The summed E-state index contributed by atoms with van der Waals surface area (Å²) < 4.78 is 66.8. The van der Waals surface area contributed by atoms with Crippen molar-refractivity contribution in [2.45, 2.75) is 0 Å². The molecular weight excluding hydrogens is 764 g/mol. The molecule has 4 aromatic heterocycles. The summed E-state index contributed by atoms with van der Waals surface area (Å²) in [6.45, 7) is 0. The number of benzene rings is 4. The fourth-order valence-electron chi connectivity index (χ4n) is 5.54. The number of nitrogens with one attached hydrogen (secondary N) is 1. The Hall–Kier alpha value is -7.19. The standard InChI is InChI=1S/C21H15F2N3O2.C14H13N3O.C7H3ClF2O/c1-26-18(12-17(25-26)19-6-3-11-28-19)13-7-9-14(10-8-13)24-21(27)20-15(22)4-2-5-16(20)23;1-17-13(10-4-6-11(15)7-5-10)9-12(16-17)14-3-2-8-18-14;8-7(11)6-4(9)2-1-3-5(6)10/h2-12H,1H3,(H,24,27);2-9H,15H2,1H3;1-3H. The number of carbonyl (C=O) groups is 2. The smallest absolute Gasteiger partial charge is 0.261 e. The summed E-state index contributed by atoms with van der Waals surface area (Å²) in [6, 6.07) is 32.3. The van der Waals surface area contributed by atoms with Crippen molar-refractivity contribution in [3.05, 3.63) is 168 Å². The van der Waals surface area contributed by atoms with Gasteiger partial charge in [0.2, 0.25) is 0 Å². The van der Waals surface area contributed by atoms with Gasteiger partial charge >= 0.3 is 0 Å². The van der Waals surface area contributed by atoms with E-state index in [0.717, 1.165) is 70.0 Å². The number of hydrogen-bond donors (Lipinski definition) is 2. The van der Waals surface area contributed by atoms with E-state index in [2.05, 4.69) is 15.5 Å². The minimum atomic E-state index is -1.12. The van der Waals surface area contributed by atoms with E-state index in [1.54, 1.807) is 47.5 Å². The third-order valence-corrected chi connectivity index (χ3v) is 8.49. The maximum Gasteiger partial charge on any atom is 0.261 e. The molecule has 0 spiro atoms. The number of aromatic nitrogens is 4. The molecule has 0 saturated carbocycles. The number of nitrogen functional groups attached to an aromatic ring is 1. The van der Waals surface area contributed by atoms with Gasteiger partial charge in [0.05, 0.1) is 23.9 Å². The van der Waals surface area contributed by atoms with E-state index in [-0.39, 0.29) is 0 Å². The van der Waals surface area contributed by atoms with E-state index >= 15 is 0 Å². The number of rotatable bonds is 7. The van der Waals surface area contributed by atoms with Crippen LogP contribution < -0.4 is 11.1 Å². The van der Waals surface area contributed by atoms with Crippen molar-refractivity contribution in [3.63, 3.8) is 0 Å². The Labute approximate surface area is 327 Å². The molecule has 8 rings (SSSR count). The van der Waals surface area contributed by atoms with Gasteiger partial charge < -0.3 is 19.9 Å². The second-order valence-corrected chi connectivity index (χ2v) is 12.5. The van der Waals surface area contributed by atoms with Gasteiger partial charge in [0, 0.05) is 25.5 Å². The molecule has 0 bridgehead atoms. The van der Waals surface area contributed by atoms with Crippen LogP contribution in [-0.4, -0.2) is 30.7 Å². The molecule has 57 heavy (non-hydrogen) atoms. The summed E-state index contributed by atoms with van der Waals surface area (Å²) in [7, 11) is 3.73. The van der Waals surface area contributed by atoms with Crippen LogP contribution in [-0.2, 0) is 14.1 Å². The summed E-state index contributed by atoms with van der Waals surface area (Å²) in [5.74, 6) is -3.10. The van der Waals surface area contributed by atoms with Crippen molar-refractivity contribution in [1.29, 1.82) is 0 Å². The number of halogens is 5. The predicted molar refractivity (Wildman–Crippen MR) is 208 cm³/mol. The van der Waals surface area contributed by atoms with Crippen LogP contribution in [0, 0.1) is 23.3 Å². The van der Waals surface area contributed by atoms with Crippen LogP contribution in [0.25, 0.3) is 45.4 Å². The maximum atomic E-state index is 13.7. The highest BCUT2D eigenvalue weighted by molar-refractivity contribution is 6.67. The lowest BCUT2D eigenvalue weighted by Crippen LogP contribution is -2.15. The molecule has 0 radical (unpaired) electrons. The average Bonchev–Trinajstić information content (AvgIpc) is 4.01. The zero-order valence-electron chi connectivity index (χ0n) is 30.1. The number of nitrogens with two attached hydrogens (primary N) is 1. The van der Waals surface area contributed by atoms with Crippen LogP contribution in [0.5, 0.6) is 0 Å². The molecular formula is C42H31ClF4N6O4. The van der Waals surface area contributed by atoms with Gasteiger partial charge in [-0.05, 0) is 108 Å². The largest absolute Gasteiger partial charge is 0.463 e. The normalized spacial score (nSPS) is 10.6. The van der Waals surface area contributed by atoms with Crippen LogP contribution in [0.15, 0.2) is 143 Å². The minimum Gasteiger partial charge on any atom is -0.463 e. The fourth-order valence-corrected chi connectivity index (χ4v) is 5.72. The highest BCUT2D eigenvalue weighted by Gasteiger charge is 2.18. The van der Waals surface area contributed by atoms with Crippen molar-refractivity contribution >= 4 is 34.1 Å². The van der Waals surface area contributed by atoms with E-state index in [4.69, 9.17) is 26.2 Å². The molecule has 15 heteroatoms. The average molecular weight is 795 g/mol. The van der Waals surface area contributed by atoms with Gasteiger partial charge in [0.1, 0.15) is 45.8 Å². The molecule has 0 fully saturated rings. The van der Waals surface area contributed by atoms with Gasteiger partial charge in [-0.15, -0.1) is 0 Å². The lowest BCUT2D eigenvalue weighted by atomic mass is 10.1. The summed E-state index contributed by atoms with van der Waals surface area (Å²) in [4.78, 5) is 22.6. The molecule has 3 N–H and O–H groups in total. The Morgan fingerprint density at radius 2 is 1.04 bits per heavy atom. The van der Waals surface area contributed by atoms with E-state index in [9.17, 15) is 27.2 Å². The Bertz CT molecular complexity index is 2580. The summed E-state index contributed by atoms with van der Waals surface area (Å²) in [5.41, 5.74) is 10.9. The zero-order chi connectivity index (χ0) is 40.6. The van der Waals surface area contributed by atoms with E-state index in [1.165, 1.54) is 6.07 Å². The van der Waals surface area contributed by atoms with Crippen LogP contribution in [0.3, 0.4) is 0 Å². The Morgan fingerprint density at radius 3 is 1.42 bits per heavy atom. The van der Waals surface area contributed by atoms with Crippen molar-refractivity contribution in [2.24, 2.45) is 14.1 Å². The van der Waals surface area contributed by atoms with E-state index in [1.807, 2.05) is 73.4 Å². The molecule has 10 nitrogen and oxygen atoms in total. The molecule has 0 saturated heterocycles.